The van der Waals surface area contributed by atoms with Gasteiger partial charge in [-0.15, -0.1) is 0 Å². The number of para-hydroxylation sites is 1. The number of hydrogen-bond donors (Lipinski definition) is 1. The molecule has 5 rings (SSSR count). The van der Waals surface area contributed by atoms with Gasteiger partial charge in [-0.2, -0.15) is 0 Å². The number of aromatic nitrogens is 1. The number of fused-ring (bicyclic) bond motifs is 1. The molecule has 39 heavy (non-hydrogen) atoms. The highest BCUT2D eigenvalue weighted by Crippen LogP contribution is 2.33. The maximum absolute atomic E-state index is 13.7. The van der Waals surface area contributed by atoms with Gasteiger partial charge in [0, 0.05) is 35.8 Å². The minimum absolute atomic E-state index is 0.0882. The summed E-state index contributed by atoms with van der Waals surface area (Å²) in [6.45, 7) is 6.22. The van der Waals surface area contributed by atoms with E-state index in [1.165, 1.54) is 28.2 Å². The molecule has 2 heterocycles. The SMILES string of the molecule is CC(C)(C)OC(=O)N[C@H]1CCN(C(=O)c2ccc(S(=O)(=O)n3cc(-c4ccccc4)c4ccccc43)cc2)C1. The van der Waals surface area contributed by atoms with E-state index in [0.717, 1.165) is 16.5 Å². The highest BCUT2D eigenvalue weighted by Gasteiger charge is 2.30. The highest BCUT2D eigenvalue weighted by atomic mass is 32.2. The predicted molar refractivity (Wildman–Crippen MR) is 150 cm³/mol. The molecule has 3 aromatic carbocycles. The third kappa shape index (κ3) is 5.54. The molecule has 0 bridgehead atoms. The van der Waals surface area contributed by atoms with Crippen molar-refractivity contribution in [3.05, 3.63) is 90.6 Å². The number of nitrogens with one attached hydrogen (secondary N) is 1. The van der Waals surface area contributed by atoms with Crippen molar-refractivity contribution in [2.45, 2.75) is 43.7 Å². The average molecular weight is 546 g/mol. The van der Waals surface area contributed by atoms with Crippen LogP contribution in [0.2, 0.25) is 0 Å². The molecule has 1 fully saturated rings. The van der Waals surface area contributed by atoms with Crippen LogP contribution in [0, 0.1) is 0 Å². The Bertz CT molecular complexity index is 1620. The van der Waals surface area contributed by atoms with Gasteiger partial charge in [-0.1, -0.05) is 48.5 Å². The van der Waals surface area contributed by atoms with Crippen LogP contribution in [-0.4, -0.2) is 54.0 Å². The first-order chi connectivity index (χ1) is 18.5. The lowest BCUT2D eigenvalue weighted by atomic mass is 10.1. The summed E-state index contributed by atoms with van der Waals surface area (Å²) in [5.74, 6) is -0.217. The highest BCUT2D eigenvalue weighted by molar-refractivity contribution is 7.90. The molecule has 1 N–H and O–H groups in total. The second-order valence-corrected chi connectivity index (χ2v) is 12.4. The summed E-state index contributed by atoms with van der Waals surface area (Å²) in [6.07, 6.45) is 1.75. The number of likely N-dealkylation sites (tertiary alicyclic amines) is 1. The van der Waals surface area contributed by atoms with Gasteiger partial charge in [0.25, 0.3) is 15.9 Å². The monoisotopic (exact) mass is 545 g/mol. The number of carbonyl (C=O) groups excluding carboxylic acids is 2. The second-order valence-electron chi connectivity index (χ2n) is 10.6. The lowest BCUT2D eigenvalue weighted by Crippen LogP contribution is -2.41. The van der Waals surface area contributed by atoms with Crippen molar-refractivity contribution in [1.82, 2.24) is 14.2 Å². The Kier molecular flexibility index (Phi) is 6.94. The molecular weight excluding hydrogens is 514 g/mol. The first-order valence-electron chi connectivity index (χ1n) is 12.8. The number of rotatable bonds is 5. The van der Waals surface area contributed by atoms with Gasteiger partial charge in [0.1, 0.15) is 5.60 Å². The number of carbonyl (C=O) groups is 2. The molecule has 0 aliphatic carbocycles. The Morgan fingerprint density at radius 1 is 0.923 bits per heavy atom. The Labute approximate surface area is 228 Å². The van der Waals surface area contributed by atoms with Crippen molar-refractivity contribution >= 4 is 32.9 Å². The number of hydrogen-bond acceptors (Lipinski definition) is 5. The van der Waals surface area contributed by atoms with Crippen molar-refractivity contribution in [1.29, 1.82) is 0 Å². The lowest BCUT2D eigenvalue weighted by Gasteiger charge is -2.22. The van der Waals surface area contributed by atoms with E-state index in [0.29, 0.717) is 30.6 Å². The fourth-order valence-electron chi connectivity index (χ4n) is 4.80. The third-order valence-electron chi connectivity index (χ3n) is 6.62. The zero-order valence-corrected chi connectivity index (χ0v) is 22.9. The van der Waals surface area contributed by atoms with Crippen molar-refractivity contribution in [3.8, 4) is 11.1 Å². The van der Waals surface area contributed by atoms with Crippen molar-refractivity contribution in [3.63, 3.8) is 0 Å². The Hall–Kier alpha value is -4.11. The van der Waals surface area contributed by atoms with Crippen LogP contribution < -0.4 is 5.32 Å². The van der Waals surface area contributed by atoms with Gasteiger partial charge in [-0.05, 0) is 63.1 Å². The largest absolute Gasteiger partial charge is 0.444 e. The molecule has 8 nitrogen and oxygen atoms in total. The molecule has 202 valence electrons. The maximum Gasteiger partial charge on any atom is 0.407 e. The first-order valence-corrected chi connectivity index (χ1v) is 14.3. The molecule has 0 spiro atoms. The zero-order chi connectivity index (χ0) is 27.8. The topological polar surface area (TPSA) is 97.7 Å². The van der Waals surface area contributed by atoms with E-state index in [4.69, 9.17) is 4.74 Å². The Balaban J connectivity index is 1.34. The van der Waals surface area contributed by atoms with Gasteiger partial charge in [-0.25, -0.2) is 17.2 Å². The fourth-order valence-corrected chi connectivity index (χ4v) is 6.17. The van der Waals surface area contributed by atoms with E-state index in [1.807, 2.05) is 48.5 Å². The molecule has 0 unspecified atom stereocenters. The number of nitrogens with zero attached hydrogens (tertiary/aromatic N) is 2. The molecule has 9 heteroatoms. The van der Waals surface area contributed by atoms with Crippen molar-refractivity contribution in [2.24, 2.45) is 0 Å². The van der Waals surface area contributed by atoms with Gasteiger partial charge < -0.3 is 15.0 Å². The van der Waals surface area contributed by atoms with Crippen LogP contribution in [0.25, 0.3) is 22.0 Å². The molecule has 2 amide bonds. The normalized spacial score (nSPS) is 15.9. The van der Waals surface area contributed by atoms with Crippen LogP contribution >= 0.6 is 0 Å². The predicted octanol–water partition coefficient (Wildman–Crippen LogP) is 5.28. The number of alkyl carbamates (subject to hydrolysis) is 1. The van der Waals surface area contributed by atoms with Gasteiger partial charge in [0.05, 0.1) is 16.5 Å². The van der Waals surface area contributed by atoms with Crippen LogP contribution in [-0.2, 0) is 14.8 Å². The second kappa shape index (κ2) is 10.2. The number of amides is 2. The van der Waals surface area contributed by atoms with Gasteiger partial charge in [0.2, 0.25) is 0 Å². The fraction of sp³-hybridized carbons (Fsp3) is 0.267. The molecule has 1 aliphatic rings. The molecular formula is C30H31N3O5S. The van der Waals surface area contributed by atoms with Crippen LogP contribution in [0.5, 0.6) is 0 Å². The minimum Gasteiger partial charge on any atom is -0.444 e. The summed E-state index contributed by atoms with van der Waals surface area (Å²) in [7, 11) is -3.92. The van der Waals surface area contributed by atoms with Crippen molar-refractivity contribution < 1.29 is 22.7 Å². The number of benzene rings is 3. The van der Waals surface area contributed by atoms with Crippen LogP contribution in [0.1, 0.15) is 37.6 Å². The quantitative estimate of drug-likeness (QED) is 0.368. The molecule has 0 saturated carbocycles. The molecule has 4 aromatic rings. The molecule has 1 aliphatic heterocycles. The summed E-state index contributed by atoms with van der Waals surface area (Å²) in [5.41, 5.74) is 2.11. The summed E-state index contributed by atoms with van der Waals surface area (Å²) in [4.78, 5) is 26.9. The van der Waals surface area contributed by atoms with E-state index < -0.39 is 21.7 Å². The standard InChI is InChI=1S/C30H31N3O5S/c1-30(2,3)38-29(35)31-23-17-18-32(19-23)28(34)22-13-15-24(16-14-22)39(36,37)33-20-26(21-9-5-4-6-10-21)25-11-7-8-12-27(25)33/h4-16,20,23H,17-19H2,1-3H3,(H,31,35)/t23-/m0/s1. The average Bonchev–Trinajstić information content (AvgIpc) is 3.53. The third-order valence-corrected chi connectivity index (χ3v) is 8.31. The summed E-state index contributed by atoms with van der Waals surface area (Å²) >= 11 is 0. The first kappa shape index (κ1) is 26.5. The zero-order valence-electron chi connectivity index (χ0n) is 22.1. The smallest absolute Gasteiger partial charge is 0.407 e. The Morgan fingerprint density at radius 3 is 2.28 bits per heavy atom. The summed E-state index contributed by atoms with van der Waals surface area (Å²) in [6, 6.07) is 22.8. The summed E-state index contributed by atoms with van der Waals surface area (Å²) in [5, 5.41) is 3.65. The maximum atomic E-state index is 13.7. The van der Waals surface area contributed by atoms with E-state index in [-0.39, 0.29) is 16.8 Å². The van der Waals surface area contributed by atoms with E-state index >= 15 is 0 Å². The number of ether oxygens (including phenoxy) is 1. The molecule has 1 atom stereocenters. The van der Waals surface area contributed by atoms with Crippen LogP contribution in [0.15, 0.2) is 90.0 Å². The lowest BCUT2D eigenvalue weighted by molar-refractivity contribution is 0.0502. The Morgan fingerprint density at radius 2 is 1.59 bits per heavy atom. The molecule has 1 saturated heterocycles. The summed E-state index contributed by atoms with van der Waals surface area (Å²) < 4.78 is 34.0. The van der Waals surface area contributed by atoms with E-state index in [1.54, 1.807) is 37.9 Å². The van der Waals surface area contributed by atoms with Crippen LogP contribution in [0.3, 0.4) is 0 Å². The van der Waals surface area contributed by atoms with Crippen LogP contribution in [0.4, 0.5) is 4.79 Å². The molecule has 1 aromatic heterocycles. The van der Waals surface area contributed by atoms with Gasteiger partial charge >= 0.3 is 6.09 Å². The van der Waals surface area contributed by atoms with Gasteiger partial charge in [-0.3, -0.25) is 4.79 Å². The van der Waals surface area contributed by atoms with Crippen molar-refractivity contribution in [2.75, 3.05) is 13.1 Å². The minimum atomic E-state index is -3.92. The van der Waals surface area contributed by atoms with Gasteiger partial charge in [0.15, 0.2) is 0 Å². The van der Waals surface area contributed by atoms with E-state index in [2.05, 4.69) is 5.32 Å². The van der Waals surface area contributed by atoms with E-state index in [9.17, 15) is 18.0 Å². The molecule has 0 radical (unpaired) electrons.